The quantitative estimate of drug-likeness (QED) is 0.467. The van der Waals surface area contributed by atoms with E-state index in [0.717, 1.165) is 13.1 Å². The minimum atomic E-state index is 0.0821. The van der Waals surface area contributed by atoms with Gasteiger partial charge in [0, 0.05) is 13.1 Å². The lowest BCUT2D eigenvalue weighted by Gasteiger charge is -2.16. The maximum Gasteiger partial charge on any atom is 0.276 e. The Morgan fingerprint density at radius 3 is 2.11 bits per heavy atom. The van der Waals surface area contributed by atoms with Crippen molar-refractivity contribution < 1.29 is 4.84 Å². The first-order chi connectivity index (χ1) is 4.20. The standard InChI is InChI=1S/C5H12N2OS/c1-3-7(4-2)8-5(6)9/h3-4H2,1-2H3,(H2,6,9). The van der Waals surface area contributed by atoms with Crippen LogP contribution in [0.15, 0.2) is 0 Å². The van der Waals surface area contributed by atoms with Crippen molar-refractivity contribution in [1.29, 1.82) is 0 Å². The van der Waals surface area contributed by atoms with Crippen molar-refractivity contribution in [2.45, 2.75) is 13.8 Å². The van der Waals surface area contributed by atoms with Crippen molar-refractivity contribution >= 4 is 17.4 Å². The third-order valence-electron chi connectivity index (χ3n) is 0.924. The van der Waals surface area contributed by atoms with E-state index in [-0.39, 0.29) is 5.17 Å². The molecule has 0 rings (SSSR count). The van der Waals surface area contributed by atoms with Crippen LogP contribution in [0.1, 0.15) is 13.8 Å². The van der Waals surface area contributed by atoms with Gasteiger partial charge in [-0.3, -0.25) is 0 Å². The number of nitrogens with zero attached hydrogens (tertiary/aromatic N) is 1. The summed E-state index contributed by atoms with van der Waals surface area (Å²) in [7, 11) is 0. The van der Waals surface area contributed by atoms with Gasteiger partial charge in [-0.2, -0.15) is 0 Å². The molecule has 0 spiro atoms. The molecule has 0 saturated carbocycles. The Labute approximate surface area is 60.7 Å². The van der Waals surface area contributed by atoms with Crippen molar-refractivity contribution in [3.8, 4) is 0 Å². The van der Waals surface area contributed by atoms with Gasteiger partial charge in [-0.1, -0.05) is 0 Å². The molecule has 0 atom stereocenters. The molecule has 0 aliphatic carbocycles. The lowest BCUT2D eigenvalue weighted by Crippen LogP contribution is -2.29. The summed E-state index contributed by atoms with van der Waals surface area (Å²) in [4.78, 5) is 4.89. The highest BCUT2D eigenvalue weighted by Crippen LogP contribution is 1.87. The van der Waals surface area contributed by atoms with Crippen molar-refractivity contribution in [2.75, 3.05) is 13.1 Å². The van der Waals surface area contributed by atoms with Crippen LogP contribution in [-0.4, -0.2) is 23.3 Å². The lowest BCUT2D eigenvalue weighted by atomic mass is 10.6. The predicted octanol–water partition coefficient (Wildman–Crippen LogP) is 0.503. The zero-order chi connectivity index (χ0) is 7.28. The molecule has 4 heteroatoms. The lowest BCUT2D eigenvalue weighted by molar-refractivity contribution is -0.0615. The van der Waals surface area contributed by atoms with Crippen LogP contribution in [-0.2, 0) is 4.84 Å². The summed E-state index contributed by atoms with van der Waals surface area (Å²) in [5.74, 6) is 0. The second kappa shape index (κ2) is 4.52. The highest BCUT2D eigenvalue weighted by atomic mass is 32.1. The van der Waals surface area contributed by atoms with E-state index in [2.05, 4.69) is 12.2 Å². The zero-order valence-electron chi connectivity index (χ0n) is 5.76. The number of hydroxylamine groups is 2. The molecule has 0 radical (unpaired) electrons. The summed E-state index contributed by atoms with van der Waals surface area (Å²) < 4.78 is 0. The van der Waals surface area contributed by atoms with Crippen molar-refractivity contribution in [1.82, 2.24) is 5.06 Å². The van der Waals surface area contributed by atoms with Crippen molar-refractivity contribution in [3.63, 3.8) is 0 Å². The van der Waals surface area contributed by atoms with Gasteiger partial charge in [0.2, 0.25) is 0 Å². The highest BCUT2D eigenvalue weighted by molar-refractivity contribution is 7.79. The van der Waals surface area contributed by atoms with E-state index < -0.39 is 0 Å². The maximum atomic E-state index is 5.11. The molecule has 0 saturated heterocycles. The molecule has 0 aliphatic rings. The van der Waals surface area contributed by atoms with E-state index in [9.17, 15) is 0 Å². The molecule has 0 unspecified atom stereocenters. The normalized spacial score (nSPS) is 9.67. The largest absolute Gasteiger partial charge is 0.376 e. The average molecular weight is 148 g/mol. The van der Waals surface area contributed by atoms with Crippen LogP contribution >= 0.6 is 12.2 Å². The fourth-order valence-electron chi connectivity index (χ4n) is 0.480. The fraction of sp³-hybridized carbons (Fsp3) is 0.800. The molecular formula is C5H12N2OS. The summed E-state index contributed by atoms with van der Waals surface area (Å²) in [6, 6.07) is 0. The molecular weight excluding hydrogens is 136 g/mol. The van der Waals surface area contributed by atoms with Crippen LogP contribution in [0, 0.1) is 0 Å². The Morgan fingerprint density at radius 2 is 2.00 bits per heavy atom. The van der Waals surface area contributed by atoms with E-state index in [1.54, 1.807) is 5.06 Å². The van der Waals surface area contributed by atoms with E-state index in [1.165, 1.54) is 0 Å². The summed E-state index contributed by atoms with van der Waals surface area (Å²) in [5, 5.41) is 1.76. The first-order valence-electron chi connectivity index (χ1n) is 2.93. The fourth-order valence-corrected chi connectivity index (χ4v) is 0.585. The number of rotatable bonds is 3. The molecule has 9 heavy (non-hydrogen) atoms. The Kier molecular flexibility index (Phi) is 4.35. The van der Waals surface area contributed by atoms with Crippen LogP contribution in [0.4, 0.5) is 0 Å². The molecule has 54 valence electrons. The third-order valence-corrected chi connectivity index (χ3v) is 0.999. The van der Waals surface area contributed by atoms with Gasteiger partial charge < -0.3 is 10.6 Å². The van der Waals surface area contributed by atoms with Gasteiger partial charge in [-0.15, -0.1) is 5.06 Å². The second-order valence-corrected chi connectivity index (χ2v) is 1.93. The van der Waals surface area contributed by atoms with Gasteiger partial charge in [0.05, 0.1) is 0 Å². The van der Waals surface area contributed by atoms with E-state index in [1.807, 2.05) is 13.8 Å². The third kappa shape index (κ3) is 4.17. The second-order valence-electron chi connectivity index (χ2n) is 1.52. The molecule has 0 bridgehead atoms. The van der Waals surface area contributed by atoms with Gasteiger partial charge >= 0.3 is 0 Å². The van der Waals surface area contributed by atoms with Gasteiger partial charge in [-0.25, -0.2) is 0 Å². The smallest absolute Gasteiger partial charge is 0.276 e. The highest BCUT2D eigenvalue weighted by Gasteiger charge is 1.98. The topological polar surface area (TPSA) is 38.5 Å². The molecule has 0 amide bonds. The van der Waals surface area contributed by atoms with E-state index in [0.29, 0.717) is 0 Å². The molecule has 3 nitrogen and oxygen atoms in total. The minimum absolute atomic E-state index is 0.0821. The summed E-state index contributed by atoms with van der Waals surface area (Å²) in [6.07, 6.45) is 0. The number of thiocarbonyl (C=S) groups is 1. The van der Waals surface area contributed by atoms with Gasteiger partial charge in [0.1, 0.15) is 0 Å². The zero-order valence-corrected chi connectivity index (χ0v) is 6.57. The van der Waals surface area contributed by atoms with Gasteiger partial charge in [-0.05, 0) is 26.1 Å². The number of nitrogens with two attached hydrogens (primary N) is 1. The van der Waals surface area contributed by atoms with Crippen LogP contribution in [0.5, 0.6) is 0 Å². The Hall–Kier alpha value is -0.350. The Morgan fingerprint density at radius 1 is 1.56 bits per heavy atom. The first-order valence-corrected chi connectivity index (χ1v) is 3.33. The van der Waals surface area contributed by atoms with Crippen LogP contribution < -0.4 is 5.73 Å². The predicted molar refractivity (Wildman–Crippen MR) is 40.8 cm³/mol. The first kappa shape index (κ1) is 8.65. The van der Waals surface area contributed by atoms with Crippen molar-refractivity contribution in [2.24, 2.45) is 5.73 Å². The van der Waals surface area contributed by atoms with Gasteiger partial charge in [0.25, 0.3) is 5.17 Å². The summed E-state index contributed by atoms with van der Waals surface area (Å²) in [5.41, 5.74) is 5.11. The van der Waals surface area contributed by atoms with E-state index >= 15 is 0 Å². The molecule has 2 N–H and O–H groups in total. The summed E-state index contributed by atoms with van der Waals surface area (Å²) in [6.45, 7) is 5.55. The molecule has 0 aromatic rings. The number of hydrogen-bond acceptors (Lipinski definition) is 3. The van der Waals surface area contributed by atoms with Crippen LogP contribution in [0.2, 0.25) is 0 Å². The minimum Gasteiger partial charge on any atom is -0.376 e. The van der Waals surface area contributed by atoms with Gasteiger partial charge in [0.15, 0.2) is 0 Å². The summed E-state index contributed by atoms with van der Waals surface area (Å²) >= 11 is 4.52. The Bertz CT molecular complexity index is 93.0. The monoisotopic (exact) mass is 148 g/mol. The molecule has 0 aliphatic heterocycles. The van der Waals surface area contributed by atoms with Crippen LogP contribution in [0.25, 0.3) is 0 Å². The molecule has 0 heterocycles. The molecule has 0 aromatic heterocycles. The maximum absolute atomic E-state index is 5.11. The number of hydrogen-bond donors (Lipinski definition) is 1. The Balaban J connectivity index is 3.43. The van der Waals surface area contributed by atoms with Crippen molar-refractivity contribution in [3.05, 3.63) is 0 Å². The SMILES string of the molecule is CCN(CC)OC(N)=S. The molecule has 0 fully saturated rings. The van der Waals surface area contributed by atoms with E-state index in [4.69, 9.17) is 10.6 Å². The average Bonchev–Trinajstić information content (AvgIpc) is 1.82. The van der Waals surface area contributed by atoms with Crippen LogP contribution in [0.3, 0.4) is 0 Å². The molecule has 0 aromatic carbocycles.